The minimum absolute atomic E-state index is 0.0693. The lowest BCUT2D eigenvalue weighted by Crippen LogP contribution is -2.42. The number of ether oxygens (including phenoxy) is 4. The van der Waals surface area contributed by atoms with Crippen LogP contribution in [0.25, 0.3) is 21.9 Å². The van der Waals surface area contributed by atoms with Crippen molar-refractivity contribution in [3.63, 3.8) is 0 Å². The SMILES string of the molecule is Cc1c(-c2cc3cc(NC(=O)OC4CCN(C)C4)ncc3c(NC(=O)OC(C)(C)C)c2F)cnc2c1N(C(=O)OC(C)(C)C)CCO2. The largest absolute Gasteiger partial charge is 0.474 e. The Morgan fingerprint density at radius 3 is 2.34 bits per heavy atom. The Balaban J connectivity index is 1.58. The maximum atomic E-state index is 16.6. The number of anilines is 3. The van der Waals surface area contributed by atoms with E-state index in [2.05, 4.69) is 25.5 Å². The van der Waals surface area contributed by atoms with Crippen molar-refractivity contribution >= 4 is 46.2 Å². The van der Waals surface area contributed by atoms with E-state index in [-0.39, 0.29) is 47.6 Å². The lowest BCUT2D eigenvalue weighted by atomic mass is 9.96. The molecule has 0 spiro atoms. The van der Waals surface area contributed by atoms with E-state index >= 15 is 4.39 Å². The Kier molecular flexibility index (Phi) is 9.18. The Labute approximate surface area is 272 Å². The molecule has 3 amide bonds. The minimum Gasteiger partial charge on any atom is -0.474 e. The van der Waals surface area contributed by atoms with Gasteiger partial charge in [0.2, 0.25) is 5.88 Å². The molecule has 0 radical (unpaired) electrons. The van der Waals surface area contributed by atoms with Crippen LogP contribution in [0.2, 0.25) is 0 Å². The van der Waals surface area contributed by atoms with Gasteiger partial charge in [0.15, 0.2) is 5.82 Å². The van der Waals surface area contributed by atoms with Crippen LogP contribution in [0.1, 0.15) is 53.5 Å². The first-order valence-corrected chi connectivity index (χ1v) is 15.4. The maximum absolute atomic E-state index is 16.6. The fraction of sp³-hybridized carbons (Fsp3) is 0.485. The van der Waals surface area contributed by atoms with Crippen molar-refractivity contribution in [2.45, 2.75) is 72.2 Å². The quantitative estimate of drug-likeness (QED) is 0.301. The van der Waals surface area contributed by atoms with Crippen LogP contribution in [0, 0.1) is 12.7 Å². The summed E-state index contributed by atoms with van der Waals surface area (Å²) in [6, 6.07) is 3.12. The summed E-state index contributed by atoms with van der Waals surface area (Å²) in [5.74, 6) is -0.403. The molecule has 14 heteroatoms. The molecule has 1 atom stereocenters. The number of nitrogens with one attached hydrogen (secondary N) is 2. The molecule has 2 aromatic heterocycles. The van der Waals surface area contributed by atoms with Crippen LogP contribution in [0.3, 0.4) is 0 Å². The molecular formula is C33H41FN6O7. The van der Waals surface area contributed by atoms with Crippen LogP contribution in [0.15, 0.2) is 24.5 Å². The second-order valence-corrected chi connectivity index (χ2v) is 13.7. The molecule has 5 rings (SSSR count). The molecule has 2 aliphatic heterocycles. The molecule has 1 fully saturated rings. The van der Waals surface area contributed by atoms with Gasteiger partial charge in [-0.1, -0.05) is 0 Å². The number of amides is 3. The van der Waals surface area contributed by atoms with Gasteiger partial charge in [-0.25, -0.2) is 28.7 Å². The van der Waals surface area contributed by atoms with E-state index in [1.54, 1.807) is 60.6 Å². The van der Waals surface area contributed by atoms with Crippen LogP contribution in [-0.2, 0) is 14.2 Å². The number of carbonyl (C=O) groups is 3. The van der Waals surface area contributed by atoms with Gasteiger partial charge in [0, 0.05) is 42.0 Å². The highest BCUT2D eigenvalue weighted by Gasteiger charge is 2.33. The monoisotopic (exact) mass is 652 g/mol. The average Bonchev–Trinajstić information content (AvgIpc) is 3.36. The van der Waals surface area contributed by atoms with Crippen molar-refractivity contribution in [3.05, 3.63) is 35.9 Å². The predicted molar refractivity (Wildman–Crippen MR) is 175 cm³/mol. The molecular weight excluding hydrogens is 611 g/mol. The molecule has 1 unspecified atom stereocenters. The first-order valence-electron chi connectivity index (χ1n) is 15.4. The number of hydrogen-bond donors (Lipinski definition) is 2. The van der Waals surface area contributed by atoms with Crippen LogP contribution in [0.4, 0.5) is 36.0 Å². The van der Waals surface area contributed by atoms with Gasteiger partial charge >= 0.3 is 18.3 Å². The van der Waals surface area contributed by atoms with Gasteiger partial charge in [-0.2, -0.15) is 0 Å². The van der Waals surface area contributed by atoms with Gasteiger partial charge in [0.25, 0.3) is 0 Å². The van der Waals surface area contributed by atoms with Crippen LogP contribution in [0.5, 0.6) is 5.88 Å². The summed E-state index contributed by atoms with van der Waals surface area (Å²) < 4.78 is 38.9. The van der Waals surface area contributed by atoms with Gasteiger partial charge < -0.3 is 23.8 Å². The summed E-state index contributed by atoms with van der Waals surface area (Å²) in [4.78, 5) is 50.9. The van der Waals surface area contributed by atoms with Gasteiger partial charge in [-0.3, -0.25) is 15.5 Å². The van der Waals surface area contributed by atoms with Crippen LogP contribution < -0.4 is 20.3 Å². The third kappa shape index (κ3) is 7.81. The van der Waals surface area contributed by atoms with Crippen molar-refractivity contribution in [2.24, 2.45) is 0 Å². The first kappa shape index (κ1) is 33.6. The zero-order valence-corrected chi connectivity index (χ0v) is 27.9. The number of aromatic nitrogens is 2. The zero-order chi connectivity index (χ0) is 34.3. The van der Waals surface area contributed by atoms with Gasteiger partial charge in [-0.05, 0) is 85.0 Å². The number of halogens is 1. The van der Waals surface area contributed by atoms with Crippen molar-refractivity contribution in [2.75, 3.05) is 48.8 Å². The molecule has 1 saturated heterocycles. The lowest BCUT2D eigenvalue weighted by Gasteiger charge is -2.32. The maximum Gasteiger partial charge on any atom is 0.415 e. The number of hydrogen-bond acceptors (Lipinski definition) is 10. The highest BCUT2D eigenvalue weighted by Crippen LogP contribution is 2.42. The summed E-state index contributed by atoms with van der Waals surface area (Å²) in [6.07, 6.45) is 1.16. The van der Waals surface area contributed by atoms with E-state index in [4.69, 9.17) is 18.9 Å². The van der Waals surface area contributed by atoms with E-state index in [0.717, 1.165) is 13.0 Å². The number of benzene rings is 1. The number of nitrogens with zero attached hydrogens (tertiary/aromatic N) is 4. The molecule has 0 saturated carbocycles. The Hall–Kier alpha value is -4.72. The standard InChI is InChI=1S/C33H41FN6O7/c1-18-22(15-36-28-27(18)40(11-12-44-28)31(43)47-33(5,6)7)21-13-19-14-24(37-29(41)45-20-9-10-39(8)17-20)35-16-23(19)26(25(21)34)38-30(42)46-32(2,3)4/h13-16,20H,9-12,17H2,1-8H3,(H,38,42)(H,35,37,41). The molecule has 2 N–H and O–H groups in total. The Morgan fingerprint density at radius 2 is 1.68 bits per heavy atom. The fourth-order valence-corrected chi connectivity index (χ4v) is 5.45. The second kappa shape index (κ2) is 12.8. The highest BCUT2D eigenvalue weighted by atomic mass is 19.1. The number of pyridine rings is 2. The minimum atomic E-state index is -0.869. The summed E-state index contributed by atoms with van der Waals surface area (Å²) in [6.45, 7) is 14.0. The normalized spacial score (nSPS) is 16.7. The van der Waals surface area contributed by atoms with Gasteiger partial charge in [0.1, 0.15) is 35.4 Å². The third-order valence-electron chi connectivity index (χ3n) is 7.44. The van der Waals surface area contributed by atoms with Crippen molar-refractivity contribution < 1.29 is 37.7 Å². The van der Waals surface area contributed by atoms with E-state index in [9.17, 15) is 14.4 Å². The van der Waals surface area contributed by atoms with Crippen molar-refractivity contribution in [1.29, 1.82) is 0 Å². The molecule has 47 heavy (non-hydrogen) atoms. The average molecular weight is 653 g/mol. The molecule has 3 aromatic rings. The van der Waals surface area contributed by atoms with Crippen molar-refractivity contribution in [3.8, 4) is 17.0 Å². The summed E-state index contributed by atoms with van der Waals surface area (Å²) in [7, 11) is 1.95. The molecule has 2 aliphatic rings. The Morgan fingerprint density at radius 1 is 0.957 bits per heavy atom. The fourth-order valence-electron chi connectivity index (χ4n) is 5.45. The first-order chi connectivity index (χ1) is 22.0. The van der Waals surface area contributed by atoms with Crippen LogP contribution >= 0.6 is 0 Å². The van der Waals surface area contributed by atoms with E-state index in [0.29, 0.717) is 28.7 Å². The predicted octanol–water partition coefficient (Wildman–Crippen LogP) is 6.48. The van der Waals surface area contributed by atoms with Gasteiger partial charge in [-0.15, -0.1) is 0 Å². The number of rotatable bonds is 4. The van der Waals surface area contributed by atoms with Gasteiger partial charge in [0.05, 0.1) is 12.2 Å². The van der Waals surface area contributed by atoms with E-state index in [1.165, 1.54) is 17.3 Å². The smallest absolute Gasteiger partial charge is 0.415 e. The highest BCUT2D eigenvalue weighted by molar-refractivity contribution is 6.05. The molecule has 0 aliphatic carbocycles. The lowest BCUT2D eigenvalue weighted by molar-refractivity contribution is 0.0564. The summed E-state index contributed by atoms with van der Waals surface area (Å²) in [5.41, 5.74) is -0.519. The number of fused-ring (bicyclic) bond motifs is 2. The Bertz CT molecular complexity index is 1720. The third-order valence-corrected chi connectivity index (χ3v) is 7.44. The molecule has 4 heterocycles. The topological polar surface area (TPSA) is 144 Å². The van der Waals surface area contributed by atoms with Crippen molar-refractivity contribution in [1.82, 2.24) is 14.9 Å². The number of carbonyl (C=O) groups excluding carboxylic acids is 3. The number of likely N-dealkylation sites (tertiary alicyclic amines) is 1. The summed E-state index contributed by atoms with van der Waals surface area (Å²) in [5, 5.41) is 5.89. The second-order valence-electron chi connectivity index (χ2n) is 13.7. The number of likely N-dealkylation sites (N-methyl/N-ethyl adjacent to an activating group) is 1. The zero-order valence-electron chi connectivity index (χ0n) is 27.9. The molecule has 1 aromatic carbocycles. The van der Waals surface area contributed by atoms with E-state index in [1.807, 2.05) is 7.05 Å². The molecule has 252 valence electrons. The van der Waals surface area contributed by atoms with Crippen LogP contribution in [-0.4, -0.2) is 83.7 Å². The molecule has 13 nitrogen and oxygen atoms in total. The molecule has 0 bridgehead atoms. The van der Waals surface area contributed by atoms with E-state index < -0.39 is 35.3 Å². The summed E-state index contributed by atoms with van der Waals surface area (Å²) >= 11 is 0.